The number of nitrogens with zero attached hydrogens (tertiary/aromatic N) is 3. The molecule has 0 saturated carbocycles. The third-order valence-electron chi connectivity index (χ3n) is 6.74. The summed E-state index contributed by atoms with van der Waals surface area (Å²) in [7, 11) is 1.35. The van der Waals surface area contributed by atoms with E-state index < -0.39 is 29.3 Å². The van der Waals surface area contributed by atoms with Gasteiger partial charge in [0.05, 0.1) is 26.4 Å². The molecule has 1 saturated heterocycles. The first kappa shape index (κ1) is 22.1. The quantitative estimate of drug-likeness (QED) is 0.542. The number of morpholine rings is 1. The molecule has 3 aliphatic rings. The lowest BCUT2D eigenvalue weighted by molar-refractivity contribution is -0.0198. The molecule has 7 nitrogen and oxygen atoms in total. The van der Waals surface area contributed by atoms with Gasteiger partial charge in [0, 0.05) is 35.0 Å². The van der Waals surface area contributed by atoms with Gasteiger partial charge in [0.25, 0.3) is 5.91 Å². The van der Waals surface area contributed by atoms with Gasteiger partial charge in [0.2, 0.25) is 5.43 Å². The topological polar surface area (TPSA) is 64.0 Å². The highest BCUT2D eigenvalue weighted by Crippen LogP contribution is 2.45. The van der Waals surface area contributed by atoms with Crippen molar-refractivity contribution in [2.75, 3.05) is 31.9 Å². The summed E-state index contributed by atoms with van der Waals surface area (Å²) in [5.41, 5.74) is 1.42. The average Bonchev–Trinajstić information content (AvgIpc) is 3.04. The van der Waals surface area contributed by atoms with Gasteiger partial charge in [-0.15, -0.1) is 11.8 Å². The van der Waals surface area contributed by atoms with Gasteiger partial charge in [-0.1, -0.05) is 24.3 Å². The standard InChI is InChI=1S/C25H21F2N3O4S/c1-33-24-18(31)8-9-29-23(24)25(32)28-10-11-34-12-20(28)30(29)22-14-6-7-17(26)21(27)16(14)13-35-19-5-3-2-4-15(19)22/h2-9,20,22H,10-13H2,1H3/t20-,22+/m1/s1. The van der Waals surface area contributed by atoms with Crippen molar-refractivity contribution in [1.29, 1.82) is 0 Å². The summed E-state index contributed by atoms with van der Waals surface area (Å²) in [5.74, 6) is -1.93. The number of rotatable bonds is 2. The number of ether oxygens (including phenoxy) is 2. The number of methoxy groups -OCH3 is 1. The third kappa shape index (κ3) is 3.27. The van der Waals surface area contributed by atoms with Crippen molar-refractivity contribution in [1.82, 2.24) is 9.58 Å². The summed E-state index contributed by atoms with van der Waals surface area (Å²) in [6.07, 6.45) is 0.989. The van der Waals surface area contributed by atoms with Crippen molar-refractivity contribution >= 4 is 17.7 Å². The first-order valence-corrected chi connectivity index (χ1v) is 12.1. The van der Waals surface area contributed by atoms with Crippen molar-refractivity contribution in [2.24, 2.45) is 0 Å². The number of halogens is 2. The van der Waals surface area contributed by atoms with Crippen LogP contribution in [0, 0.1) is 11.6 Å². The molecule has 0 bridgehead atoms. The second kappa shape index (κ2) is 8.39. The molecule has 10 heteroatoms. The fourth-order valence-corrected chi connectivity index (χ4v) is 6.28. The maximum absolute atomic E-state index is 15.1. The van der Waals surface area contributed by atoms with Crippen LogP contribution in [0.25, 0.3) is 0 Å². The van der Waals surface area contributed by atoms with Crippen LogP contribution in [0.1, 0.15) is 33.2 Å². The van der Waals surface area contributed by atoms with E-state index in [0.29, 0.717) is 18.7 Å². The Balaban J connectivity index is 1.68. The molecule has 0 radical (unpaired) electrons. The van der Waals surface area contributed by atoms with Gasteiger partial charge in [-0.3, -0.25) is 19.3 Å². The number of carbonyl (C=O) groups is 1. The van der Waals surface area contributed by atoms with Gasteiger partial charge in [-0.25, -0.2) is 8.78 Å². The number of hydrogen-bond donors (Lipinski definition) is 0. The second-order valence-electron chi connectivity index (χ2n) is 8.50. The zero-order valence-electron chi connectivity index (χ0n) is 18.7. The lowest BCUT2D eigenvalue weighted by Crippen LogP contribution is -2.66. The molecule has 6 rings (SSSR count). The van der Waals surface area contributed by atoms with Crippen molar-refractivity contribution in [3.8, 4) is 5.75 Å². The van der Waals surface area contributed by atoms with Crippen molar-refractivity contribution in [3.63, 3.8) is 0 Å². The number of amides is 1. The zero-order chi connectivity index (χ0) is 24.3. The normalized spacial score (nSPS) is 20.9. The molecule has 2 atom stereocenters. The molecule has 3 aliphatic heterocycles. The van der Waals surface area contributed by atoms with E-state index in [9.17, 15) is 14.0 Å². The van der Waals surface area contributed by atoms with Crippen LogP contribution in [0.5, 0.6) is 5.75 Å². The SMILES string of the molecule is COc1c2n(ccc1=O)N([C@@H]1c3ccccc3SCc3c1ccc(F)c3F)[C@@H]1COCCN1C2=O. The molecule has 0 unspecified atom stereocenters. The van der Waals surface area contributed by atoms with E-state index in [1.807, 2.05) is 29.3 Å². The van der Waals surface area contributed by atoms with Gasteiger partial charge in [0.1, 0.15) is 6.17 Å². The summed E-state index contributed by atoms with van der Waals surface area (Å²) in [4.78, 5) is 28.7. The molecule has 180 valence electrons. The van der Waals surface area contributed by atoms with Gasteiger partial charge in [0.15, 0.2) is 23.1 Å². The van der Waals surface area contributed by atoms with E-state index >= 15 is 4.39 Å². The van der Waals surface area contributed by atoms with Crippen LogP contribution in [0.3, 0.4) is 0 Å². The molecule has 0 aliphatic carbocycles. The molecule has 0 spiro atoms. The molecule has 1 aromatic heterocycles. The van der Waals surface area contributed by atoms with Crippen molar-refractivity contribution in [3.05, 3.63) is 92.9 Å². The Bertz CT molecular complexity index is 1410. The van der Waals surface area contributed by atoms with E-state index in [1.165, 1.54) is 31.1 Å². The molecular weight excluding hydrogens is 476 g/mol. The minimum atomic E-state index is -0.906. The van der Waals surface area contributed by atoms with Gasteiger partial charge >= 0.3 is 0 Å². The Kier molecular flexibility index (Phi) is 5.30. The Morgan fingerprint density at radius 2 is 1.91 bits per heavy atom. The molecular formula is C25H21F2N3O4S. The van der Waals surface area contributed by atoms with E-state index in [0.717, 1.165) is 16.5 Å². The summed E-state index contributed by atoms with van der Waals surface area (Å²) >= 11 is 1.44. The van der Waals surface area contributed by atoms with Crippen LogP contribution >= 0.6 is 11.8 Å². The highest BCUT2D eigenvalue weighted by Gasteiger charge is 2.46. The Labute approximate surface area is 203 Å². The third-order valence-corrected chi connectivity index (χ3v) is 7.85. The number of fused-ring (bicyclic) bond motifs is 4. The smallest absolute Gasteiger partial charge is 0.278 e. The van der Waals surface area contributed by atoms with Crippen molar-refractivity contribution < 1.29 is 23.0 Å². The number of benzene rings is 2. The molecule has 4 heterocycles. The first-order chi connectivity index (χ1) is 17.0. The summed E-state index contributed by atoms with van der Waals surface area (Å²) in [6.45, 7) is 0.882. The van der Waals surface area contributed by atoms with E-state index in [-0.39, 0.29) is 35.3 Å². The molecule has 1 amide bonds. The van der Waals surface area contributed by atoms with Gasteiger partial charge < -0.3 is 14.4 Å². The highest BCUT2D eigenvalue weighted by atomic mass is 32.2. The minimum Gasteiger partial charge on any atom is -0.491 e. The molecule has 1 fully saturated rings. The summed E-state index contributed by atoms with van der Waals surface area (Å²) < 4.78 is 42.2. The van der Waals surface area contributed by atoms with E-state index in [2.05, 4.69) is 0 Å². The monoisotopic (exact) mass is 497 g/mol. The fourth-order valence-electron chi connectivity index (χ4n) is 5.17. The number of carbonyl (C=O) groups excluding carboxylic acids is 1. The Morgan fingerprint density at radius 1 is 1.09 bits per heavy atom. The van der Waals surface area contributed by atoms with Gasteiger partial charge in [-0.2, -0.15) is 0 Å². The average molecular weight is 498 g/mol. The van der Waals surface area contributed by atoms with Crippen LogP contribution in [0.2, 0.25) is 0 Å². The molecule has 0 N–H and O–H groups in total. The van der Waals surface area contributed by atoms with Gasteiger partial charge in [-0.05, 0) is 23.3 Å². The van der Waals surface area contributed by atoms with Crippen LogP contribution in [-0.4, -0.2) is 48.5 Å². The van der Waals surface area contributed by atoms with Crippen LogP contribution in [0.15, 0.2) is 58.4 Å². The molecule has 35 heavy (non-hydrogen) atoms. The predicted molar refractivity (Wildman–Crippen MR) is 125 cm³/mol. The van der Waals surface area contributed by atoms with E-state index in [1.54, 1.807) is 15.6 Å². The first-order valence-electron chi connectivity index (χ1n) is 11.2. The predicted octanol–water partition coefficient (Wildman–Crippen LogP) is 3.28. The van der Waals surface area contributed by atoms with Crippen LogP contribution < -0.4 is 15.2 Å². The Morgan fingerprint density at radius 3 is 2.74 bits per heavy atom. The fraction of sp³-hybridized carbons (Fsp3) is 0.280. The van der Waals surface area contributed by atoms with Crippen molar-refractivity contribution in [2.45, 2.75) is 22.9 Å². The number of aromatic nitrogens is 1. The molecule has 2 aromatic carbocycles. The van der Waals surface area contributed by atoms with Crippen LogP contribution in [0.4, 0.5) is 8.78 Å². The maximum Gasteiger partial charge on any atom is 0.278 e. The largest absolute Gasteiger partial charge is 0.491 e. The number of hydrogen-bond acceptors (Lipinski definition) is 6. The summed E-state index contributed by atoms with van der Waals surface area (Å²) in [5, 5.41) is 1.92. The Hall–Kier alpha value is -3.37. The van der Waals surface area contributed by atoms with E-state index in [4.69, 9.17) is 9.47 Å². The molecule has 3 aromatic rings. The maximum atomic E-state index is 15.1. The number of pyridine rings is 1. The number of thioether (sulfide) groups is 1. The lowest BCUT2D eigenvalue weighted by atomic mass is 9.93. The van der Waals surface area contributed by atoms with Crippen LogP contribution in [-0.2, 0) is 10.5 Å². The zero-order valence-corrected chi connectivity index (χ0v) is 19.6. The minimum absolute atomic E-state index is 0.0609. The second-order valence-corrected chi connectivity index (χ2v) is 9.52. The summed E-state index contributed by atoms with van der Waals surface area (Å²) in [6, 6.07) is 11.2. The lowest BCUT2D eigenvalue weighted by Gasteiger charge is -2.51. The highest BCUT2D eigenvalue weighted by molar-refractivity contribution is 7.98.